The SMILES string of the molecule is CCC(C(=O)O)N(C)c1cc(C(F)(F)F)ccn1. The molecule has 1 N–H and O–H groups in total. The number of carboxylic acids is 1. The second-order valence-corrected chi connectivity index (χ2v) is 3.77. The molecule has 1 aromatic heterocycles. The molecule has 0 saturated heterocycles. The Morgan fingerprint density at radius 3 is 2.61 bits per heavy atom. The van der Waals surface area contributed by atoms with Gasteiger partial charge in [-0.3, -0.25) is 0 Å². The number of pyridine rings is 1. The van der Waals surface area contributed by atoms with Crippen molar-refractivity contribution in [2.24, 2.45) is 0 Å². The van der Waals surface area contributed by atoms with Crippen LogP contribution in [-0.2, 0) is 11.0 Å². The largest absolute Gasteiger partial charge is 0.480 e. The van der Waals surface area contributed by atoms with Crippen LogP contribution in [0.4, 0.5) is 19.0 Å². The summed E-state index contributed by atoms with van der Waals surface area (Å²) in [5.74, 6) is -1.11. The number of halogens is 3. The fourth-order valence-electron chi connectivity index (χ4n) is 1.56. The topological polar surface area (TPSA) is 53.4 Å². The van der Waals surface area contributed by atoms with Crippen molar-refractivity contribution in [3.05, 3.63) is 23.9 Å². The number of carbonyl (C=O) groups is 1. The summed E-state index contributed by atoms with van der Waals surface area (Å²) in [6.45, 7) is 1.64. The van der Waals surface area contributed by atoms with Crippen molar-refractivity contribution in [1.29, 1.82) is 0 Å². The third-order valence-electron chi connectivity index (χ3n) is 2.57. The van der Waals surface area contributed by atoms with E-state index in [4.69, 9.17) is 5.11 Å². The predicted octanol–water partition coefficient (Wildman–Crippen LogP) is 2.40. The van der Waals surface area contributed by atoms with Crippen LogP contribution < -0.4 is 4.90 Å². The van der Waals surface area contributed by atoms with Crippen LogP contribution in [0, 0.1) is 0 Å². The Kier molecular flexibility index (Phi) is 4.15. The second kappa shape index (κ2) is 5.24. The van der Waals surface area contributed by atoms with E-state index in [9.17, 15) is 18.0 Å². The molecule has 0 aliphatic heterocycles. The fraction of sp³-hybridized carbons (Fsp3) is 0.455. The van der Waals surface area contributed by atoms with Crippen molar-refractivity contribution in [2.45, 2.75) is 25.6 Å². The molecule has 1 rings (SSSR count). The van der Waals surface area contributed by atoms with Gasteiger partial charge in [0.25, 0.3) is 0 Å². The molecule has 1 atom stereocenters. The lowest BCUT2D eigenvalue weighted by Gasteiger charge is -2.25. The zero-order chi connectivity index (χ0) is 13.9. The Morgan fingerprint density at radius 1 is 1.56 bits per heavy atom. The van der Waals surface area contributed by atoms with Gasteiger partial charge in [0, 0.05) is 13.2 Å². The number of anilines is 1. The van der Waals surface area contributed by atoms with Crippen molar-refractivity contribution >= 4 is 11.8 Å². The maximum atomic E-state index is 12.5. The van der Waals surface area contributed by atoms with Crippen LogP contribution >= 0.6 is 0 Å². The molecular formula is C11H13F3N2O2. The van der Waals surface area contributed by atoms with E-state index in [1.807, 2.05) is 0 Å². The number of carboxylic acid groups (broad SMARTS) is 1. The lowest BCUT2D eigenvalue weighted by Crippen LogP contribution is -2.38. The van der Waals surface area contributed by atoms with Gasteiger partial charge in [-0.05, 0) is 18.6 Å². The maximum Gasteiger partial charge on any atom is 0.416 e. The van der Waals surface area contributed by atoms with Gasteiger partial charge >= 0.3 is 12.1 Å². The summed E-state index contributed by atoms with van der Waals surface area (Å²) >= 11 is 0. The number of aliphatic carboxylic acids is 1. The Labute approximate surface area is 102 Å². The normalized spacial score (nSPS) is 13.2. The van der Waals surface area contributed by atoms with E-state index in [0.29, 0.717) is 0 Å². The van der Waals surface area contributed by atoms with E-state index in [-0.39, 0.29) is 12.2 Å². The molecule has 0 radical (unpaired) electrons. The highest BCUT2D eigenvalue weighted by atomic mass is 19.4. The average molecular weight is 262 g/mol. The van der Waals surface area contributed by atoms with E-state index in [1.165, 1.54) is 11.9 Å². The van der Waals surface area contributed by atoms with E-state index < -0.39 is 23.8 Å². The van der Waals surface area contributed by atoms with Gasteiger partial charge in [-0.2, -0.15) is 13.2 Å². The monoisotopic (exact) mass is 262 g/mol. The average Bonchev–Trinajstić information content (AvgIpc) is 2.28. The summed E-state index contributed by atoms with van der Waals surface area (Å²) < 4.78 is 37.5. The molecule has 18 heavy (non-hydrogen) atoms. The minimum absolute atomic E-state index is 0.0147. The first kappa shape index (κ1) is 14.3. The minimum atomic E-state index is -4.47. The van der Waals surface area contributed by atoms with E-state index in [2.05, 4.69) is 4.98 Å². The van der Waals surface area contributed by atoms with Crippen LogP contribution in [0.2, 0.25) is 0 Å². The number of alkyl halides is 3. The van der Waals surface area contributed by atoms with Crippen LogP contribution in [0.25, 0.3) is 0 Å². The summed E-state index contributed by atoms with van der Waals surface area (Å²) in [6.07, 6.45) is -3.18. The Morgan fingerprint density at radius 2 is 2.17 bits per heavy atom. The molecule has 0 bridgehead atoms. The van der Waals surface area contributed by atoms with Crippen LogP contribution in [-0.4, -0.2) is 29.1 Å². The van der Waals surface area contributed by atoms with Gasteiger partial charge in [0.1, 0.15) is 11.9 Å². The number of hydrogen-bond donors (Lipinski definition) is 1. The van der Waals surface area contributed by atoms with Crippen LogP contribution in [0.5, 0.6) is 0 Å². The Balaban J connectivity index is 3.06. The highest BCUT2D eigenvalue weighted by Gasteiger charge is 2.31. The van der Waals surface area contributed by atoms with Gasteiger partial charge in [-0.1, -0.05) is 6.92 Å². The van der Waals surface area contributed by atoms with Crippen LogP contribution in [0.3, 0.4) is 0 Å². The number of nitrogens with zero attached hydrogens (tertiary/aromatic N) is 2. The number of likely N-dealkylation sites (N-methyl/N-ethyl adjacent to an activating group) is 1. The first-order valence-electron chi connectivity index (χ1n) is 5.26. The van der Waals surface area contributed by atoms with Gasteiger partial charge in [0.2, 0.25) is 0 Å². The molecule has 1 unspecified atom stereocenters. The summed E-state index contributed by atoms with van der Waals surface area (Å²) in [5.41, 5.74) is -0.848. The Bertz CT molecular complexity index is 435. The first-order chi connectivity index (χ1) is 8.27. The zero-order valence-electron chi connectivity index (χ0n) is 9.90. The van der Waals surface area contributed by atoms with Crippen molar-refractivity contribution in [1.82, 2.24) is 4.98 Å². The van der Waals surface area contributed by atoms with Crippen LogP contribution in [0.1, 0.15) is 18.9 Å². The summed E-state index contributed by atoms with van der Waals surface area (Å²) in [7, 11) is 1.41. The molecule has 4 nitrogen and oxygen atoms in total. The summed E-state index contributed by atoms with van der Waals surface area (Å²) in [4.78, 5) is 15.9. The van der Waals surface area contributed by atoms with Crippen molar-refractivity contribution in [3.8, 4) is 0 Å². The molecule has 0 aliphatic carbocycles. The molecular weight excluding hydrogens is 249 g/mol. The molecule has 1 aromatic rings. The lowest BCUT2D eigenvalue weighted by molar-refractivity contribution is -0.138. The van der Waals surface area contributed by atoms with Gasteiger partial charge in [-0.25, -0.2) is 9.78 Å². The van der Waals surface area contributed by atoms with Gasteiger partial charge < -0.3 is 10.0 Å². The van der Waals surface area contributed by atoms with Gasteiger partial charge in [0.15, 0.2) is 0 Å². The fourth-order valence-corrected chi connectivity index (χ4v) is 1.56. The smallest absolute Gasteiger partial charge is 0.416 e. The zero-order valence-corrected chi connectivity index (χ0v) is 9.90. The molecule has 0 amide bonds. The summed E-state index contributed by atoms with van der Waals surface area (Å²) in [5, 5.41) is 8.94. The number of rotatable bonds is 4. The third kappa shape index (κ3) is 3.12. The number of aromatic nitrogens is 1. The lowest BCUT2D eigenvalue weighted by atomic mass is 10.2. The van der Waals surface area contributed by atoms with Gasteiger partial charge in [-0.15, -0.1) is 0 Å². The van der Waals surface area contributed by atoms with E-state index in [1.54, 1.807) is 6.92 Å². The van der Waals surface area contributed by atoms with Crippen molar-refractivity contribution in [2.75, 3.05) is 11.9 Å². The predicted molar refractivity (Wildman–Crippen MR) is 59.4 cm³/mol. The molecule has 1 heterocycles. The Hall–Kier alpha value is -1.79. The molecule has 0 saturated carbocycles. The van der Waals surface area contributed by atoms with E-state index in [0.717, 1.165) is 18.3 Å². The molecule has 0 spiro atoms. The summed E-state index contributed by atoms with van der Waals surface area (Å²) in [6, 6.07) is 0.783. The van der Waals surface area contributed by atoms with E-state index >= 15 is 0 Å². The highest BCUT2D eigenvalue weighted by molar-refractivity contribution is 5.77. The quantitative estimate of drug-likeness (QED) is 0.905. The molecule has 0 aliphatic rings. The highest BCUT2D eigenvalue weighted by Crippen LogP contribution is 2.30. The minimum Gasteiger partial charge on any atom is -0.480 e. The molecule has 0 aromatic carbocycles. The van der Waals surface area contributed by atoms with Gasteiger partial charge in [0.05, 0.1) is 5.56 Å². The second-order valence-electron chi connectivity index (χ2n) is 3.77. The standard InChI is InChI=1S/C11H13F3N2O2/c1-3-8(10(17)18)16(2)9-6-7(4-5-15-9)11(12,13)14/h4-6,8H,3H2,1-2H3,(H,17,18). The number of hydrogen-bond acceptors (Lipinski definition) is 3. The molecule has 0 fully saturated rings. The molecule has 7 heteroatoms. The van der Waals surface area contributed by atoms with Crippen molar-refractivity contribution < 1.29 is 23.1 Å². The first-order valence-corrected chi connectivity index (χ1v) is 5.26. The maximum absolute atomic E-state index is 12.5. The third-order valence-corrected chi connectivity index (χ3v) is 2.57. The molecule has 100 valence electrons. The van der Waals surface area contributed by atoms with Crippen molar-refractivity contribution in [3.63, 3.8) is 0 Å². The van der Waals surface area contributed by atoms with Crippen LogP contribution in [0.15, 0.2) is 18.3 Å².